The van der Waals surface area contributed by atoms with Gasteiger partial charge < -0.3 is 10.8 Å². The molecule has 0 aromatic carbocycles. The molecule has 0 spiro atoms. The van der Waals surface area contributed by atoms with Gasteiger partial charge in [-0.15, -0.1) is 0 Å². The fourth-order valence-corrected chi connectivity index (χ4v) is 1.44. The molecule has 6 heteroatoms. The molecule has 2 aromatic rings. The van der Waals surface area contributed by atoms with Gasteiger partial charge in [-0.1, -0.05) is 0 Å². The summed E-state index contributed by atoms with van der Waals surface area (Å²) < 4.78 is 3.15. The Bertz CT molecular complexity index is 473. The first kappa shape index (κ1) is 9.72. The van der Waals surface area contributed by atoms with E-state index in [0.29, 0.717) is 16.9 Å². The number of rotatable bonds is 2. The number of aromatic nitrogens is 4. The number of aliphatic hydroxyl groups is 1. The summed E-state index contributed by atoms with van der Waals surface area (Å²) in [5, 5.41) is 18.0. The fraction of sp³-hybridized carbons (Fsp3) is 0.333. The van der Waals surface area contributed by atoms with E-state index in [4.69, 9.17) is 5.73 Å². The minimum absolute atomic E-state index is 0.464. The first-order valence-corrected chi connectivity index (χ1v) is 4.53. The maximum atomic E-state index is 10.0. The maximum Gasteiger partial charge on any atom is 0.127 e. The number of aliphatic hydroxyl groups excluding tert-OH is 1. The molecule has 6 nitrogen and oxygen atoms in total. The lowest BCUT2D eigenvalue weighted by Gasteiger charge is -2.06. The van der Waals surface area contributed by atoms with Crippen molar-refractivity contribution in [2.24, 2.45) is 14.1 Å². The van der Waals surface area contributed by atoms with Gasteiger partial charge >= 0.3 is 0 Å². The summed E-state index contributed by atoms with van der Waals surface area (Å²) in [6, 6.07) is 0. The summed E-state index contributed by atoms with van der Waals surface area (Å²) in [5.41, 5.74) is 7.07. The zero-order valence-corrected chi connectivity index (χ0v) is 8.62. The molecule has 2 heterocycles. The van der Waals surface area contributed by atoms with Crippen LogP contribution in [0.5, 0.6) is 0 Å². The summed E-state index contributed by atoms with van der Waals surface area (Å²) in [4.78, 5) is 0. The molecular weight excluding hydrogens is 194 g/mol. The Labute approximate surface area is 86.9 Å². The normalized spacial score (nSPS) is 13.0. The molecule has 0 aliphatic rings. The quantitative estimate of drug-likeness (QED) is 0.715. The Morgan fingerprint density at radius 3 is 2.53 bits per heavy atom. The monoisotopic (exact) mass is 207 g/mol. The molecule has 0 saturated heterocycles. The Hall–Kier alpha value is -1.82. The second-order valence-corrected chi connectivity index (χ2v) is 3.46. The van der Waals surface area contributed by atoms with E-state index in [1.54, 1.807) is 37.4 Å². The Balaban J connectivity index is 2.36. The van der Waals surface area contributed by atoms with E-state index in [2.05, 4.69) is 10.2 Å². The summed E-state index contributed by atoms with van der Waals surface area (Å²) >= 11 is 0. The maximum absolute atomic E-state index is 10.0. The van der Waals surface area contributed by atoms with Crippen LogP contribution in [0, 0.1) is 0 Å². The third-order valence-electron chi connectivity index (χ3n) is 2.35. The second-order valence-electron chi connectivity index (χ2n) is 3.46. The standard InChI is InChI=1S/C9H13N5O/c1-13-5-6(3-11-13)8(15)7-4-12-14(2)9(7)10/h3-5,8,15H,10H2,1-2H3. The highest BCUT2D eigenvalue weighted by molar-refractivity contribution is 5.43. The van der Waals surface area contributed by atoms with Crippen LogP contribution >= 0.6 is 0 Å². The van der Waals surface area contributed by atoms with Gasteiger partial charge in [0, 0.05) is 31.4 Å². The van der Waals surface area contributed by atoms with E-state index in [1.165, 1.54) is 4.68 Å². The molecule has 0 aliphatic heterocycles. The van der Waals surface area contributed by atoms with Crippen molar-refractivity contribution in [3.8, 4) is 0 Å². The average Bonchev–Trinajstić information content (AvgIpc) is 2.75. The number of aryl methyl sites for hydroxylation is 2. The largest absolute Gasteiger partial charge is 0.384 e. The molecule has 3 N–H and O–H groups in total. The Morgan fingerprint density at radius 1 is 1.33 bits per heavy atom. The van der Waals surface area contributed by atoms with Crippen LogP contribution in [0.2, 0.25) is 0 Å². The van der Waals surface area contributed by atoms with Crippen molar-refractivity contribution in [2.75, 3.05) is 5.73 Å². The van der Waals surface area contributed by atoms with Crippen LogP contribution in [-0.2, 0) is 14.1 Å². The Kier molecular flexibility index (Phi) is 2.20. The van der Waals surface area contributed by atoms with Crippen molar-refractivity contribution >= 4 is 5.82 Å². The van der Waals surface area contributed by atoms with Crippen molar-refractivity contribution in [1.82, 2.24) is 19.6 Å². The van der Waals surface area contributed by atoms with Gasteiger partial charge in [-0.25, -0.2) is 0 Å². The van der Waals surface area contributed by atoms with Gasteiger partial charge in [-0.05, 0) is 0 Å². The molecule has 0 bridgehead atoms. The van der Waals surface area contributed by atoms with Crippen LogP contribution in [0.1, 0.15) is 17.2 Å². The van der Waals surface area contributed by atoms with Crippen molar-refractivity contribution < 1.29 is 5.11 Å². The minimum atomic E-state index is -0.771. The topological polar surface area (TPSA) is 81.9 Å². The average molecular weight is 207 g/mol. The van der Waals surface area contributed by atoms with Gasteiger partial charge in [0.15, 0.2) is 0 Å². The van der Waals surface area contributed by atoms with Gasteiger partial charge in [-0.2, -0.15) is 10.2 Å². The van der Waals surface area contributed by atoms with E-state index in [9.17, 15) is 5.11 Å². The molecule has 0 amide bonds. The van der Waals surface area contributed by atoms with Crippen LogP contribution in [0.3, 0.4) is 0 Å². The summed E-state index contributed by atoms with van der Waals surface area (Å²) in [6.07, 6.45) is 4.15. The molecular formula is C9H13N5O. The van der Waals surface area contributed by atoms with E-state index >= 15 is 0 Å². The molecule has 2 aromatic heterocycles. The SMILES string of the molecule is Cn1cc(C(O)c2cnn(C)c2N)cn1. The molecule has 1 unspecified atom stereocenters. The van der Waals surface area contributed by atoms with Crippen LogP contribution < -0.4 is 5.73 Å². The first-order chi connectivity index (χ1) is 7.09. The predicted octanol–water partition coefficient (Wildman–Crippen LogP) is -0.183. The summed E-state index contributed by atoms with van der Waals surface area (Å²) in [5.74, 6) is 0.464. The lowest BCUT2D eigenvalue weighted by molar-refractivity contribution is 0.221. The predicted molar refractivity (Wildman–Crippen MR) is 54.9 cm³/mol. The molecule has 0 saturated carbocycles. The van der Waals surface area contributed by atoms with Crippen molar-refractivity contribution in [3.63, 3.8) is 0 Å². The van der Waals surface area contributed by atoms with Gasteiger partial charge in [0.1, 0.15) is 11.9 Å². The van der Waals surface area contributed by atoms with Crippen molar-refractivity contribution in [2.45, 2.75) is 6.10 Å². The molecule has 0 fully saturated rings. The molecule has 1 atom stereocenters. The molecule has 0 radical (unpaired) electrons. The number of hydrogen-bond donors (Lipinski definition) is 2. The van der Waals surface area contributed by atoms with Crippen LogP contribution in [-0.4, -0.2) is 24.7 Å². The van der Waals surface area contributed by atoms with Crippen LogP contribution in [0.4, 0.5) is 5.82 Å². The number of anilines is 1. The lowest BCUT2D eigenvalue weighted by Crippen LogP contribution is -2.04. The third kappa shape index (κ3) is 1.59. The fourth-order valence-electron chi connectivity index (χ4n) is 1.44. The number of nitrogens with two attached hydrogens (primary N) is 1. The van der Waals surface area contributed by atoms with Crippen LogP contribution in [0.25, 0.3) is 0 Å². The van der Waals surface area contributed by atoms with Gasteiger partial charge in [0.2, 0.25) is 0 Å². The molecule has 0 aliphatic carbocycles. The second kappa shape index (κ2) is 3.39. The number of hydrogen-bond acceptors (Lipinski definition) is 4. The van der Waals surface area contributed by atoms with Gasteiger partial charge in [0.05, 0.1) is 12.4 Å². The molecule has 80 valence electrons. The lowest BCUT2D eigenvalue weighted by atomic mass is 10.1. The van der Waals surface area contributed by atoms with Crippen molar-refractivity contribution in [3.05, 3.63) is 29.7 Å². The van der Waals surface area contributed by atoms with Gasteiger partial charge in [-0.3, -0.25) is 9.36 Å². The molecule has 15 heavy (non-hydrogen) atoms. The zero-order chi connectivity index (χ0) is 11.0. The van der Waals surface area contributed by atoms with E-state index in [1.807, 2.05) is 0 Å². The zero-order valence-electron chi connectivity index (χ0n) is 8.62. The first-order valence-electron chi connectivity index (χ1n) is 4.53. The smallest absolute Gasteiger partial charge is 0.127 e. The van der Waals surface area contributed by atoms with E-state index < -0.39 is 6.10 Å². The number of nitrogens with zero attached hydrogens (tertiary/aromatic N) is 4. The third-order valence-corrected chi connectivity index (χ3v) is 2.35. The van der Waals surface area contributed by atoms with E-state index in [-0.39, 0.29) is 0 Å². The highest BCUT2D eigenvalue weighted by Crippen LogP contribution is 2.25. The highest BCUT2D eigenvalue weighted by Gasteiger charge is 2.17. The van der Waals surface area contributed by atoms with E-state index in [0.717, 1.165) is 0 Å². The van der Waals surface area contributed by atoms with Crippen molar-refractivity contribution in [1.29, 1.82) is 0 Å². The molecule has 2 rings (SSSR count). The van der Waals surface area contributed by atoms with Crippen LogP contribution in [0.15, 0.2) is 18.6 Å². The minimum Gasteiger partial charge on any atom is -0.384 e. The number of nitrogen functional groups attached to an aromatic ring is 1. The van der Waals surface area contributed by atoms with Gasteiger partial charge in [0.25, 0.3) is 0 Å². The Morgan fingerprint density at radius 2 is 2.07 bits per heavy atom. The summed E-state index contributed by atoms with van der Waals surface area (Å²) in [6.45, 7) is 0. The highest BCUT2D eigenvalue weighted by atomic mass is 16.3. The summed E-state index contributed by atoms with van der Waals surface area (Å²) in [7, 11) is 3.53.